The quantitative estimate of drug-likeness (QED) is 0.637. The predicted molar refractivity (Wildman–Crippen MR) is 86.7 cm³/mol. The number of sulfone groups is 1. The molecular weight excluding hydrogens is 329 g/mol. The second kappa shape index (κ2) is 7.28. The number of aliphatic imine (C=N–C) groups is 1. The van der Waals surface area contributed by atoms with Gasteiger partial charge in [0.2, 0.25) is 0 Å². The highest BCUT2D eigenvalue weighted by molar-refractivity contribution is 7.91. The molecule has 0 aromatic heterocycles. The van der Waals surface area contributed by atoms with E-state index in [9.17, 15) is 12.8 Å². The van der Waals surface area contributed by atoms with Gasteiger partial charge in [-0.3, -0.25) is 4.99 Å². The lowest BCUT2D eigenvalue weighted by Crippen LogP contribution is -2.44. The van der Waals surface area contributed by atoms with E-state index < -0.39 is 9.84 Å². The van der Waals surface area contributed by atoms with Crippen LogP contribution in [0.25, 0.3) is 0 Å². The molecule has 1 atom stereocenters. The number of guanidine groups is 1. The van der Waals surface area contributed by atoms with Gasteiger partial charge in [0.25, 0.3) is 0 Å². The Balaban J connectivity index is 1.82. The molecule has 0 saturated carbocycles. The van der Waals surface area contributed by atoms with Crippen LogP contribution in [0.2, 0.25) is 5.02 Å². The SMILES string of the molecule is CN=C(NCCc1ccc(F)cc1Cl)NC1CCS(=O)(=O)C1. The Morgan fingerprint density at radius 3 is 2.86 bits per heavy atom. The van der Waals surface area contributed by atoms with E-state index in [0.717, 1.165) is 5.56 Å². The molecule has 5 nitrogen and oxygen atoms in total. The average molecular weight is 348 g/mol. The van der Waals surface area contributed by atoms with Crippen molar-refractivity contribution in [3.05, 3.63) is 34.6 Å². The normalized spacial score (nSPS) is 20.9. The van der Waals surface area contributed by atoms with Gasteiger partial charge in [0, 0.05) is 24.7 Å². The first kappa shape index (κ1) is 17.0. The minimum Gasteiger partial charge on any atom is -0.356 e. The molecule has 1 unspecified atom stereocenters. The van der Waals surface area contributed by atoms with Gasteiger partial charge in [-0.25, -0.2) is 12.8 Å². The van der Waals surface area contributed by atoms with E-state index in [1.165, 1.54) is 12.1 Å². The summed E-state index contributed by atoms with van der Waals surface area (Å²) in [6.45, 7) is 0.560. The van der Waals surface area contributed by atoms with Crippen LogP contribution in [0.4, 0.5) is 4.39 Å². The number of hydrogen-bond donors (Lipinski definition) is 2. The first-order valence-corrected chi connectivity index (χ1v) is 9.21. The minimum absolute atomic E-state index is 0.106. The third kappa shape index (κ3) is 4.84. The summed E-state index contributed by atoms with van der Waals surface area (Å²) in [6.07, 6.45) is 1.20. The van der Waals surface area contributed by atoms with Gasteiger partial charge in [-0.1, -0.05) is 17.7 Å². The molecule has 2 N–H and O–H groups in total. The van der Waals surface area contributed by atoms with Crippen LogP contribution < -0.4 is 10.6 Å². The topological polar surface area (TPSA) is 70.6 Å². The van der Waals surface area contributed by atoms with Crippen LogP contribution in [-0.4, -0.2) is 45.5 Å². The maximum absolute atomic E-state index is 13.0. The third-order valence-corrected chi connectivity index (χ3v) is 5.62. The van der Waals surface area contributed by atoms with Crippen LogP contribution in [0, 0.1) is 5.82 Å². The first-order chi connectivity index (χ1) is 10.4. The number of nitrogens with zero attached hydrogens (tertiary/aromatic N) is 1. The smallest absolute Gasteiger partial charge is 0.191 e. The Morgan fingerprint density at radius 2 is 2.27 bits per heavy atom. The maximum Gasteiger partial charge on any atom is 0.191 e. The predicted octanol–water partition coefficient (Wildman–Crippen LogP) is 1.37. The Hall–Kier alpha value is -1.34. The molecule has 0 bridgehead atoms. The fourth-order valence-electron chi connectivity index (χ4n) is 2.34. The summed E-state index contributed by atoms with van der Waals surface area (Å²) >= 11 is 5.97. The molecule has 8 heteroatoms. The molecule has 1 aliphatic rings. The summed E-state index contributed by atoms with van der Waals surface area (Å²) in [4.78, 5) is 4.07. The van der Waals surface area contributed by atoms with Crippen molar-refractivity contribution in [2.75, 3.05) is 25.1 Å². The van der Waals surface area contributed by atoms with Crippen LogP contribution in [-0.2, 0) is 16.3 Å². The largest absolute Gasteiger partial charge is 0.356 e. The molecule has 1 aromatic rings. The van der Waals surface area contributed by atoms with Gasteiger partial charge >= 0.3 is 0 Å². The number of rotatable bonds is 4. The molecule has 22 heavy (non-hydrogen) atoms. The number of hydrogen-bond acceptors (Lipinski definition) is 3. The van der Waals surface area contributed by atoms with Gasteiger partial charge in [-0.05, 0) is 30.5 Å². The summed E-state index contributed by atoms with van der Waals surface area (Å²) < 4.78 is 35.8. The molecule has 1 aliphatic heterocycles. The summed E-state index contributed by atoms with van der Waals surface area (Å²) in [7, 11) is -1.29. The molecule has 1 fully saturated rings. The fourth-order valence-corrected chi connectivity index (χ4v) is 4.27. The van der Waals surface area contributed by atoms with Crippen LogP contribution >= 0.6 is 11.6 Å². The zero-order valence-corrected chi connectivity index (χ0v) is 13.8. The lowest BCUT2D eigenvalue weighted by Gasteiger charge is -2.16. The summed E-state index contributed by atoms with van der Waals surface area (Å²) in [5.74, 6) is 0.548. The zero-order valence-electron chi connectivity index (χ0n) is 12.3. The number of halogens is 2. The van der Waals surface area contributed by atoms with Crippen molar-refractivity contribution in [1.29, 1.82) is 0 Å². The average Bonchev–Trinajstić information content (AvgIpc) is 2.79. The molecule has 0 radical (unpaired) electrons. The Labute approximate surface area is 134 Å². The van der Waals surface area contributed by atoms with Crippen molar-refractivity contribution in [3.8, 4) is 0 Å². The molecular formula is C14H19ClFN3O2S. The van der Waals surface area contributed by atoms with Gasteiger partial charge in [0.1, 0.15) is 5.82 Å². The van der Waals surface area contributed by atoms with Gasteiger partial charge in [0.15, 0.2) is 15.8 Å². The second-order valence-corrected chi connectivity index (χ2v) is 7.86. The lowest BCUT2D eigenvalue weighted by atomic mass is 10.1. The van der Waals surface area contributed by atoms with E-state index in [1.54, 1.807) is 13.1 Å². The van der Waals surface area contributed by atoms with Gasteiger partial charge in [0.05, 0.1) is 11.5 Å². The molecule has 2 rings (SSSR count). The van der Waals surface area contributed by atoms with E-state index in [2.05, 4.69) is 15.6 Å². The van der Waals surface area contributed by atoms with E-state index in [0.29, 0.717) is 30.4 Å². The monoisotopic (exact) mass is 347 g/mol. The second-order valence-electron chi connectivity index (χ2n) is 5.23. The standard InChI is InChI=1S/C14H19ClFN3O2S/c1-17-14(19-12-5-7-22(20,21)9-12)18-6-4-10-2-3-11(16)8-13(10)15/h2-3,8,12H,4-7,9H2,1H3,(H2,17,18,19). The van der Waals surface area contributed by atoms with Crippen LogP contribution in [0.1, 0.15) is 12.0 Å². The third-order valence-electron chi connectivity index (χ3n) is 3.50. The highest BCUT2D eigenvalue weighted by Crippen LogP contribution is 2.17. The van der Waals surface area contributed by atoms with Crippen LogP contribution in [0.15, 0.2) is 23.2 Å². The van der Waals surface area contributed by atoms with Gasteiger partial charge < -0.3 is 10.6 Å². The molecule has 1 saturated heterocycles. The van der Waals surface area contributed by atoms with Gasteiger partial charge in [-0.15, -0.1) is 0 Å². The van der Waals surface area contributed by atoms with E-state index >= 15 is 0 Å². The fraction of sp³-hybridized carbons (Fsp3) is 0.500. The van der Waals surface area contributed by atoms with Crippen molar-refractivity contribution in [2.45, 2.75) is 18.9 Å². The van der Waals surface area contributed by atoms with E-state index in [-0.39, 0.29) is 23.4 Å². The van der Waals surface area contributed by atoms with Crippen LogP contribution in [0.5, 0.6) is 0 Å². The van der Waals surface area contributed by atoms with Crippen molar-refractivity contribution < 1.29 is 12.8 Å². The summed E-state index contributed by atoms with van der Waals surface area (Å²) in [5, 5.41) is 6.60. The number of nitrogens with one attached hydrogen (secondary N) is 2. The first-order valence-electron chi connectivity index (χ1n) is 7.01. The molecule has 0 aliphatic carbocycles. The minimum atomic E-state index is -2.92. The zero-order chi connectivity index (χ0) is 16.2. The Morgan fingerprint density at radius 1 is 1.50 bits per heavy atom. The molecule has 122 valence electrons. The van der Waals surface area contributed by atoms with E-state index in [1.807, 2.05) is 0 Å². The molecule has 1 aromatic carbocycles. The highest BCUT2D eigenvalue weighted by Gasteiger charge is 2.28. The highest BCUT2D eigenvalue weighted by atomic mass is 35.5. The molecule has 0 amide bonds. The van der Waals surface area contributed by atoms with Crippen molar-refractivity contribution in [1.82, 2.24) is 10.6 Å². The van der Waals surface area contributed by atoms with Crippen LogP contribution in [0.3, 0.4) is 0 Å². The molecule has 1 heterocycles. The maximum atomic E-state index is 13.0. The van der Waals surface area contributed by atoms with Crippen molar-refractivity contribution in [3.63, 3.8) is 0 Å². The summed E-state index contributed by atoms with van der Waals surface area (Å²) in [5.41, 5.74) is 0.842. The summed E-state index contributed by atoms with van der Waals surface area (Å²) in [6, 6.07) is 4.20. The van der Waals surface area contributed by atoms with Crippen molar-refractivity contribution >= 4 is 27.4 Å². The lowest BCUT2D eigenvalue weighted by molar-refractivity contribution is 0.599. The number of benzene rings is 1. The van der Waals surface area contributed by atoms with Gasteiger partial charge in [-0.2, -0.15) is 0 Å². The Kier molecular flexibility index (Phi) is 5.63. The molecule has 0 spiro atoms. The van der Waals surface area contributed by atoms with Crippen molar-refractivity contribution in [2.24, 2.45) is 4.99 Å². The van der Waals surface area contributed by atoms with E-state index in [4.69, 9.17) is 11.6 Å². The Bertz CT molecular complexity index is 664.